The molecule has 1 amide bonds. The number of fused-ring (bicyclic) bond motifs is 2. The second-order valence-electron chi connectivity index (χ2n) is 5.90. The summed E-state index contributed by atoms with van der Waals surface area (Å²) in [5.74, 6) is 2.28. The van der Waals surface area contributed by atoms with Gasteiger partial charge in [-0.25, -0.2) is 4.98 Å². The van der Waals surface area contributed by atoms with Crippen LogP contribution in [0.4, 0.5) is 0 Å². The largest absolute Gasteiger partial charge is 0.354 e. The van der Waals surface area contributed by atoms with Crippen LogP contribution in [0.1, 0.15) is 25.1 Å². The Morgan fingerprint density at radius 1 is 1.43 bits per heavy atom. The standard InChI is InChI=1S/C14H22N4O.2ClH/c1-9-16-4-6-18(9)7-5-17-14(19)12-10-2-3-11(8-10)13(12)15;;/h4,6,10-13H,2-3,5,7-8,15H2,1H3,(H,17,19);2*1H. The zero-order chi connectivity index (χ0) is 13.4. The van der Waals surface area contributed by atoms with Crippen LogP contribution in [0.5, 0.6) is 0 Å². The van der Waals surface area contributed by atoms with Crippen LogP contribution in [-0.2, 0) is 11.3 Å². The first kappa shape index (κ1) is 18.3. The second kappa shape index (κ2) is 7.47. The van der Waals surface area contributed by atoms with Gasteiger partial charge in [0.05, 0.1) is 5.92 Å². The second-order valence-corrected chi connectivity index (χ2v) is 5.90. The van der Waals surface area contributed by atoms with Gasteiger partial charge >= 0.3 is 0 Å². The van der Waals surface area contributed by atoms with Crippen LogP contribution < -0.4 is 11.1 Å². The highest BCUT2D eigenvalue weighted by Crippen LogP contribution is 2.47. The number of nitrogens with two attached hydrogens (primary N) is 1. The molecule has 0 aromatic carbocycles. The maximum atomic E-state index is 12.2. The molecule has 0 aliphatic heterocycles. The van der Waals surface area contributed by atoms with Crippen molar-refractivity contribution in [3.63, 3.8) is 0 Å². The van der Waals surface area contributed by atoms with E-state index in [9.17, 15) is 4.79 Å². The Morgan fingerprint density at radius 3 is 2.71 bits per heavy atom. The van der Waals surface area contributed by atoms with Gasteiger partial charge in [-0.2, -0.15) is 0 Å². The van der Waals surface area contributed by atoms with Crippen LogP contribution in [-0.4, -0.2) is 28.0 Å². The van der Waals surface area contributed by atoms with Gasteiger partial charge in [0.15, 0.2) is 0 Å². The van der Waals surface area contributed by atoms with Gasteiger partial charge in [-0.3, -0.25) is 4.79 Å². The van der Waals surface area contributed by atoms with Crippen molar-refractivity contribution in [2.75, 3.05) is 6.54 Å². The highest BCUT2D eigenvalue weighted by Gasteiger charge is 2.48. The van der Waals surface area contributed by atoms with E-state index in [1.54, 1.807) is 6.20 Å². The Bertz CT molecular complexity index is 477. The molecule has 5 nitrogen and oxygen atoms in total. The van der Waals surface area contributed by atoms with Gasteiger partial charge in [0.2, 0.25) is 5.91 Å². The number of imidazole rings is 1. The minimum Gasteiger partial charge on any atom is -0.354 e. The van der Waals surface area contributed by atoms with E-state index in [0.717, 1.165) is 18.8 Å². The maximum Gasteiger partial charge on any atom is 0.225 e. The minimum absolute atomic E-state index is 0. The number of aryl methyl sites for hydroxylation is 1. The first-order valence-corrected chi connectivity index (χ1v) is 7.18. The van der Waals surface area contributed by atoms with Crippen LogP contribution in [0.25, 0.3) is 0 Å². The molecule has 3 rings (SSSR count). The fraction of sp³-hybridized carbons (Fsp3) is 0.714. The summed E-state index contributed by atoms with van der Waals surface area (Å²) in [5, 5.41) is 3.04. The SMILES string of the molecule is Cc1nccn1CCNC(=O)C1C2CCC(C2)C1N.Cl.Cl. The topological polar surface area (TPSA) is 72.9 Å². The van der Waals surface area contributed by atoms with Crippen molar-refractivity contribution in [1.29, 1.82) is 0 Å². The Hall–Kier alpha value is -0.780. The molecule has 120 valence electrons. The van der Waals surface area contributed by atoms with E-state index in [1.165, 1.54) is 12.8 Å². The van der Waals surface area contributed by atoms with Crippen molar-refractivity contribution >= 4 is 30.7 Å². The smallest absolute Gasteiger partial charge is 0.225 e. The normalized spacial score (nSPS) is 29.6. The van der Waals surface area contributed by atoms with Crippen LogP contribution in [0.3, 0.4) is 0 Å². The molecular weight excluding hydrogens is 311 g/mol. The lowest BCUT2D eigenvalue weighted by atomic mass is 9.84. The van der Waals surface area contributed by atoms with Gasteiger partial charge in [0.1, 0.15) is 5.82 Å². The number of nitrogens with zero attached hydrogens (tertiary/aromatic N) is 2. The fourth-order valence-corrected chi connectivity index (χ4v) is 3.78. The first-order chi connectivity index (χ1) is 9.16. The van der Waals surface area contributed by atoms with Crippen molar-refractivity contribution in [3.8, 4) is 0 Å². The average molecular weight is 335 g/mol. The lowest BCUT2D eigenvalue weighted by Gasteiger charge is -2.27. The van der Waals surface area contributed by atoms with E-state index < -0.39 is 0 Å². The highest BCUT2D eigenvalue weighted by atomic mass is 35.5. The summed E-state index contributed by atoms with van der Waals surface area (Å²) in [6.07, 6.45) is 7.26. The number of rotatable bonds is 4. The molecule has 2 saturated carbocycles. The Labute approximate surface area is 137 Å². The lowest BCUT2D eigenvalue weighted by Crippen LogP contribution is -2.45. The van der Waals surface area contributed by atoms with Crippen LogP contribution >= 0.6 is 24.8 Å². The molecule has 2 aliphatic carbocycles. The molecule has 0 saturated heterocycles. The van der Waals surface area contributed by atoms with E-state index in [-0.39, 0.29) is 42.7 Å². The summed E-state index contributed by atoms with van der Waals surface area (Å²) < 4.78 is 2.04. The number of nitrogens with one attached hydrogen (secondary N) is 1. The molecule has 1 aromatic rings. The van der Waals surface area contributed by atoms with E-state index in [4.69, 9.17) is 5.73 Å². The van der Waals surface area contributed by atoms with E-state index >= 15 is 0 Å². The zero-order valence-electron chi connectivity index (χ0n) is 12.2. The van der Waals surface area contributed by atoms with Gasteiger partial charge in [-0.05, 0) is 38.0 Å². The Balaban J connectivity index is 0.00000110. The molecular formula is C14H24Cl2N4O. The molecule has 2 fully saturated rings. The van der Waals surface area contributed by atoms with Crippen molar-refractivity contribution in [2.45, 2.75) is 38.8 Å². The zero-order valence-corrected chi connectivity index (χ0v) is 13.8. The van der Waals surface area contributed by atoms with Gasteiger partial charge in [0.25, 0.3) is 0 Å². The van der Waals surface area contributed by atoms with Gasteiger partial charge in [-0.15, -0.1) is 24.8 Å². The van der Waals surface area contributed by atoms with Crippen molar-refractivity contribution in [3.05, 3.63) is 18.2 Å². The average Bonchev–Trinajstić information content (AvgIpc) is 3.06. The third-order valence-corrected chi connectivity index (χ3v) is 4.86. The third-order valence-electron chi connectivity index (χ3n) is 4.86. The minimum atomic E-state index is 0. The monoisotopic (exact) mass is 334 g/mol. The predicted octanol–water partition coefficient (Wildman–Crippen LogP) is 1.52. The summed E-state index contributed by atoms with van der Waals surface area (Å²) in [4.78, 5) is 16.4. The number of aromatic nitrogens is 2. The van der Waals surface area contributed by atoms with E-state index in [1.807, 2.05) is 17.7 Å². The van der Waals surface area contributed by atoms with E-state index in [2.05, 4.69) is 10.3 Å². The van der Waals surface area contributed by atoms with Crippen LogP contribution in [0.2, 0.25) is 0 Å². The number of hydrogen-bond acceptors (Lipinski definition) is 3. The van der Waals surface area contributed by atoms with Crippen LogP contribution in [0, 0.1) is 24.7 Å². The van der Waals surface area contributed by atoms with Crippen molar-refractivity contribution < 1.29 is 4.79 Å². The molecule has 2 aliphatic rings. The molecule has 3 N–H and O–H groups in total. The number of hydrogen-bond donors (Lipinski definition) is 2. The molecule has 1 aromatic heterocycles. The summed E-state index contributed by atoms with van der Waals surface area (Å²) in [5.41, 5.74) is 6.18. The third kappa shape index (κ3) is 3.52. The lowest BCUT2D eigenvalue weighted by molar-refractivity contribution is -0.127. The van der Waals surface area contributed by atoms with Gasteiger partial charge in [-0.1, -0.05) is 0 Å². The first-order valence-electron chi connectivity index (χ1n) is 7.18. The Morgan fingerprint density at radius 2 is 2.14 bits per heavy atom. The van der Waals surface area contributed by atoms with Crippen molar-refractivity contribution in [2.24, 2.45) is 23.5 Å². The predicted molar refractivity (Wildman–Crippen MR) is 86.8 cm³/mol. The Kier molecular flexibility index (Phi) is 6.50. The summed E-state index contributed by atoms with van der Waals surface area (Å²) in [6.45, 7) is 3.39. The molecule has 4 atom stereocenters. The molecule has 0 spiro atoms. The maximum absolute atomic E-state index is 12.2. The molecule has 21 heavy (non-hydrogen) atoms. The van der Waals surface area contributed by atoms with E-state index in [0.29, 0.717) is 18.4 Å². The summed E-state index contributed by atoms with van der Waals surface area (Å²) in [7, 11) is 0. The molecule has 7 heteroatoms. The van der Waals surface area contributed by atoms with Crippen LogP contribution in [0.15, 0.2) is 12.4 Å². The number of amides is 1. The van der Waals surface area contributed by atoms with Gasteiger partial charge in [0, 0.05) is 31.5 Å². The highest BCUT2D eigenvalue weighted by molar-refractivity contribution is 5.85. The number of halogens is 2. The molecule has 1 heterocycles. The van der Waals surface area contributed by atoms with Gasteiger partial charge < -0.3 is 15.6 Å². The van der Waals surface area contributed by atoms with Crippen molar-refractivity contribution in [1.82, 2.24) is 14.9 Å². The molecule has 4 unspecified atom stereocenters. The summed E-state index contributed by atoms with van der Waals surface area (Å²) >= 11 is 0. The fourth-order valence-electron chi connectivity index (χ4n) is 3.78. The molecule has 0 radical (unpaired) electrons. The molecule has 2 bridgehead atoms. The number of carbonyl (C=O) groups is 1. The summed E-state index contributed by atoms with van der Waals surface area (Å²) in [6, 6.07) is 0.0775. The number of carbonyl (C=O) groups excluding carboxylic acids is 1. The quantitative estimate of drug-likeness (QED) is 0.876.